The fourth-order valence-corrected chi connectivity index (χ4v) is 2.25. The molecule has 0 spiro atoms. The molecule has 0 amide bonds. The molecule has 0 aromatic carbocycles. The van der Waals surface area contributed by atoms with Crippen LogP contribution in [0, 0.1) is 0 Å². The molecular weight excluding hydrogens is 226 g/mol. The van der Waals surface area contributed by atoms with Gasteiger partial charge in [0.05, 0.1) is 18.8 Å². The molecule has 2 rings (SSSR count). The molecule has 100 valence electrons. The van der Waals surface area contributed by atoms with Crippen molar-refractivity contribution in [1.82, 2.24) is 10.3 Å². The number of hydrogen-bond acceptors (Lipinski definition) is 4. The zero-order valence-corrected chi connectivity index (χ0v) is 11.7. The van der Waals surface area contributed by atoms with Crippen LogP contribution in [-0.2, 0) is 4.74 Å². The number of pyridine rings is 1. The summed E-state index contributed by atoms with van der Waals surface area (Å²) in [6.45, 7) is 8.13. The predicted molar refractivity (Wildman–Crippen MR) is 73.9 cm³/mol. The zero-order chi connectivity index (χ0) is 13.1. The average Bonchev–Trinajstić information content (AvgIpc) is 2.40. The highest BCUT2D eigenvalue weighted by Crippen LogP contribution is 2.22. The summed E-state index contributed by atoms with van der Waals surface area (Å²) in [7, 11) is 1.98. The predicted octanol–water partition coefficient (Wildman–Crippen LogP) is 1.98. The van der Waals surface area contributed by atoms with Gasteiger partial charge in [-0.2, -0.15) is 0 Å². The molecule has 1 aliphatic heterocycles. The lowest BCUT2D eigenvalue weighted by Crippen LogP contribution is -2.47. The molecule has 4 nitrogen and oxygen atoms in total. The maximum atomic E-state index is 5.66. The summed E-state index contributed by atoms with van der Waals surface area (Å²) >= 11 is 0. The van der Waals surface area contributed by atoms with Gasteiger partial charge in [0.25, 0.3) is 0 Å². The van der Waals surface area contributed by atoms with E-state index in [0.29, 0.717) is 12.1 Å². The Kier molecular flexibility index (Phi) is 4.19. The van der Waals surface area contributed by atoms with Crippen LogP contribution in [0.2, 0.25) is 0 Å². The first-order chi connectivity index (χ1) is 8.61. The number of anilines is 1. The monoisotopic (exact) mass is 249 g/mol. The molecular formula is C14H23N3O. The minimum atomic E-state index is 0.272. The van der Waals surface area contributed by atoms with Crippen LogP contribution in [0.5, 0.6) is 0 Å². The van der Waals surface area contributed by atoms with Crippen molar-refractivity contribution in [3.05, 3.63) is 23.9 Å². The first kappa shape index (κ1) is 13.3. The molecule has 3 unspecified atom stereocenters. The van der Waals surface area contributed by atoms with E-state index in [9.17, 15) is 0 Å². The van der Waals surface area contributed by atoms with Gasteiger partial charge >= 0.3 is 0 Å². The van der Waals surface area contributed by atoms with Crippen molar-refractivity contribution in [2.45, 2.75) is 39.0 Å². The molecule has 2 heterocycles. The summed E-state index contributed by atoms with van der Waals surface area (Å²) in [6.07, 6.45) is 2.17. The van der Waals surface area contributed by atoms with Crippen LogP contribution in [0.1, 0.15) is 32.4 Å². The summed E-state index contributed by atoms with van der Waals surface area (Å²) in [5, 5.41) is 3.26. The maximum Gasteiger partial charge on any atom is 0.129 e. The number of ether oxygens (including phenoxy) is 1. The molecule has 1 N–H and O–H groups in total. The average molecular weight is 249 g/mol. The largest absolute Gasteiger partial charge is 0.375 e. The van der Waals surface area contributed by atoms with Gasteiger partial charge in [-0.25, -0.2) is 4.98 Å². The van der Waals surface area contributed by atoms with Gasteiger partial charge in [-0.05, 0) is 45.5 Å². The molecule has 1 aromatic heterocycles. The lowest BCUT2D eigenvalue weighted by Gasteiger charge is -2.37. The van der Waals surface area contributed by atoms with E-state index in [2.05, 4.69) is 48.1 Å². The Morgan fingerprint density at radius 1 is 1.50 bits per heavy atom. The van der Waals surface area contributed by atoms with Crippen molar-refractivity contribution in [3.8, 4) is 0 Å². The van der Waals surface area contributed by atoms with Gasteiger partial charge in [-0.15, -0.1) is 0 Å². The number of morpholine rings is 1. The lowest BCUT2D eigenvalue weighted by molar-refractivity contribution is 0.0340. The second kappa shape index (κ2) is 5.67. The summed E-state index contributed by atoms with van der Waals surface area (Å²) in [6, 6.07) is 4.98. The summed E-state index contributed by atoms with van der Waals surface area (Å²) in [4.78, 5) is 6.84. The van der Waals surface area contributed by atoms with E-state index in [1.54, 1.807) is 0 Å². The quantitative estimate of drug-likeness (QED) is 0.889. The van der Waals surface area contributed by atoms with Crippen molar-refractivity contribution in [2.75, 3.05) is 25.1 Å². The highest BCUT2D eigenvalue weighted by molar-refractivity contribution is 5.43. The molecule has 4 heteroatoms. The van der Waals surface area contributed by atoms with Gasteiger partial charge in [0, 0.05) is 18.8 Å². The van der Waals surface area contributed by atoms with Crippen molar-refractivity contribution in [3.63, 3.8) is 0 Å². The molecule has 18 heavy (non-hydrogen) atoms. The van der Waals surface area contributed by atoms with Gasteiger partial charge in [0.2, 0.25) is 0 Å². The smallest absolute Gasteiger partial charge is 0.129 e. The van der Waals surface area contributed by atoms with Crippen LogP contribution in [-0.4, -0.2) is 37.3 Å². The zero-order valence-electron chi connectivity index (χ0n) is 11.7. The minimum Gasteiger partial charge on any atom is -0.375 e. The fourth-order valence-electron chi connectivity index (χ4n) is 2.25. The normalized spacial score (nSPS) is 26.1. The fraction of sp³-hybridized carbons (Fsp3) is 0.643. The Balaban J connectivity index is 2.21. The van der Waals surface area contributed by atoms with E-state index in [4.69, 9.17) is 4.74 Å². The summed E-state index contributed by atoms with van der Waals surface area (Å²) < 4.78 is 5.66. The Morgan fingerprint density at radius 2 is 2.28 bits per heavy atom. The molecule has 0 aliphatic carbocycles. The van der Waals surface area contributed by atoms with Crippen molar-refractivity contribution in [2.24, 2.45) is 0 Å². The third-order valence-corrected chi connectivity index (χ3v) is 3.60. The molecule has 0 bridgehead atoms. The van der Waals surface area contributed by atoms with E-state index in [-0.39, 0.29) is 6.10 Å². The summed E-state index contributed by atoms with van der Waals surface area (Å²) in [5.41, 5.74) is 1.27. The Morgan fingerprint density at radius 3 is 3.00 bits per heavy atom. The van der Waals surface area contributed by atoms with Crippen LogP contribution in [0.15, 0.2) is 18.3 Å². The minimum absolute atomic E-state index is 0.272. The molecule has 1 saturated heterocycles. The van der Waals surface area contributed by atoms with Crippen LogP contribution in [0.25, 0.3) is 0 Å². The first-order valence-electron chi connectivity index (χ1n) is 6.63. The van der Waals surface area contributed by atoms with Gasteiger partial charge in [0.15, 0.2) is 0 Å². The van der Waals surface area contributed by atoms with Crippen LogP contribution in [0.4, 0.5) is 5.82 Å². The Bertz CT molecular complexity index is 396. The second-order valence-electron chi connectivity index (χ2n) is 5.10. The third kappa shape index (κ3) is 2.82. The summed E-state index contributed by atoms with van der Waals surface area (Å²) in [5.74, 6) is 1.05. The van der Waals surface area contributed by atoms with Gasteiger partial charge in [0.1, 0.15) is 5.82 Å². The molecule has 3 atom stereocenters. The van der Waals surface area contributed by atoms with Crippen molar-refractivity contribution in [1.29, 1.82) is 0 Å². The number of rotatable bonds is 3. The number of aromatic nitrogens is 1. The maximum absolute atomic E-state index is 5.66. The van der Waals surface area contributed by atoms with Crippen molar-refractivity contribution < 1.29 is 4.74 Å². The Hall–Kier alpha value is -1.13. The Labute approximate surface area is 109 Å². The number of nitrogens with zero attached hydrogens (tertiary/aromatic N) is 2. The number of nitrogens with one attached hydrogen (secondary N) is 1. The molecule has 0 radical (unpaired) electrons. The second-order valence-corrected chi connectivity index (χ2v) is 5.10. The van der Waals surface area contributed by atoms with E-state index in [0.717, 1.165) is 19.0 Å². The first-order valence-corrected chi connectivity index (χ1v) is 6.63. The van der Waals surface area contributed by atoms with Crippen molar-refractivity contribution >= 4 is 5.82 Å². The highest BCUT2D eigenvalue weighted by atomic mass is 16.5. The molecule has 1 fully saturated rings. The SMILES string of the molecule is CNC(C)c1ccnc(N2CC(C)OCC2C)c1. The topological polar surface area (TPSA) is 37.4 Å². The standard InChI is InChI=1S/C14H23N3O/c1-10-9-18-11(2)8-17(10)14-7-13(5-6-16-14)12(3)15-4/h5-7,10-12,15H,8-9H2,1-4H3. The highest BCUT2D eigenvalue weighted by Gasteiger charge is 2.24. The van der Waals surface area contributed by atoms with E-state index in [1.807, 2.05) is 13.2 Å². The lowest BCUT2D eigenvalue weighted by atomic mass is 10.1. The van der Waals surface area contributed by atoms with Gasteiger partial charge in [-0.1, -0.05) is 0 Å². The van der Waals surface area contributed by atoms with Gasteiger partial charge < -0.3 is 15.0 Å². The van der Waals surface area contributed by atoms with Gasteiger partial charge in [-0.3, -0.25) is 0 Å². The van der Waals surface area contributed by atoms with Crippen LogP contribution in [0.3, 0.4) is 0 Å². The van der Waals surface area contributed by atoms with Crippen LogP contribution >= 0.6 is 0 Å². The number of hydrogen-bond donors (Lipinski definition) is 1. The molecule has 0 saturated carbocycles. The van der Waals surface area contributed by atoms with E-state index in [1.165, 1.54) is 5.56 Å². The molecule has 1 aliphatic rings. The molecule has 1 aromatic rings. The van der Waals surface area contributed by atoms with E-state index < -0.39 is 0 Å². The van der Waals surface area contributed by atoms with E-state index >= 15 is 0 Å². The third-order valence-electron chi connectivity index (χ3n) is 3.60. The van der Waals surface area contributed by atoms with Crippen LogP contribution < -0.4 is 10.2 Å².